The van der Waals surface area contributed by atoms with Crippen LogP contribution in [0.4, 0.5) is 0 Å². The highest BCUT2D eigenvalue weighted by Crippen LogP contribution is 2.72. The molecule has 0 aromatic carbocycles. The van der Waals surface area contributed by atoms with E-state index in [4.69, 9.17) is 4.74 Å². The van der Waals surface area contributed by atoms with Crippen LogP contribution in [-0.2, 0) is 19.1 Å². The molecule has 4 rings (SSSR count). The number of Topliss-reactive ketones (excluding diaryl/α,β-unsaturated/α-hetero) is 2. The number of carbonyl (C=O) groups is 3. The quantitative estimate of drug-likeness (QED) is 0.506. The zero-order valence-corrected chi connectivity index (χ0v) is 20.6. The second kappa shape index (κ2) is 7.51. The summed E-state index contributed by atoms with van der Waals surface area (Å²) < 4.78 is 5.95. The largest absolute Gasteiger partial charge is 0.462 e. The zero-order valence-electron chi connectivity index (χ0n) is 20.6. The summed E-state index contributed by atoms with van der Waals surface area (Å²) in [5.74, 6) is -0.0796. The number of aliphatic hydroxyl groups excluding tert-OH is 1. The molecule has 5 heteroatoms. The molecule has 0 radical (unpaired) electrons. The lowest BCUT2D eigenvalue weighted by Gasteiger charge is -2.69. The van der Waals surface area contributed by atoms with E-state index in [1.165, 1.54) is 20.3 Å². The Morgan fingerprint density at radius 1 is 1.06 bits per heavy atom. The van der Waals surface area contributed by atoms with Gasteiger partial charge >= 0.3 is 5.97 Å². The Bertz CT molecular complexity index is 871. The molecule has 0 bridgehead atoms. The van der Waals surface area contributed by atoms with Crippen molar-refractivity contribution in [2.75, 3.05) is 6.61 Å². The fraction of sp³-hybridized carbons (Fsp3) is 0.815. The van der Waals surface area contributed by atoms with E-state index in [-0.39, 0.29) is 57.8 Å². The van der Waals surface area contributed by atoms with E-state index >= 15 is 0 Å². The molecule has 1 N–H and O–H groups in total. The molecular weight excluding hydrogens is 404 g/mol. The molecule has 0 aromatic rings. The number of allylic oxidation sites excluding steroid dienone is 1. The summed E-state index contributed by atoms with van der Waals surface area (Å²) >= 11 is 0. The maximum atomic E-state index is 13.1. The van der Waals surface area contributed by atoms with Crippen molar-refractivity contribution in [1.29, 1.82) is 0 Å². The summed E-state index contributed by atoms with van der Waals surface area (Å²) in [6, 6.07) is 0. The lowest BCUT2D eigenvalue weighted by atomic mass is 9.35. The number of esters is 1. The van der Waals surface area contributed by atoms with Crippen molar-refractivity contribution in [3.05, 3.63) is 11.6 Å². The fourth-order valence-electron chi connectivity index (χ4n) is 9.01. The van der Waals surface area contributed by atoms with Crippen molar-refractivity contribution >= 4 is 17.5 Å². The molecule has 0 spiro atoms. The lowest BCUT2D eigenvalue weighted by Crippen LogP contribution is -2.67. The first kappa shape index (κ1) is 23.7. The number of rotatable bonds is 3. The summed E-state index contributed by atoms with van der Waals surface area (Å²) in [4.78, 5) is 37.5. The van der Waals surface area contributed by atoms with Crippen molar-refractivity contribution in [2.45, 2.75) is 92.6 Å². The van der Waals surface area contributed by atoms with Gasteiger partial charge in [0.05, 0.1) is 5.57 Å². The summed E-state index contributed by atoms with van der Waals surface area (Å²) in [6.45, 7) is 12.1. The first-order valence-electron chi connectivity index (χ1n) is 12.4. The minimum Gasteiger partial charge on any atom is -0.462 e. The van der Waals surface area contributed by atoms with Crippen LogP contribution in [0.5, 0.6) is 0 Å². The van der Waals surface area contributed by atoms with Crippen LogP contribution in [0.2, 0.25) is 0 Å². The summed E-state index contributed by atoms with van der Waals surface area (Å²) in [6.07, 6.45) is 7.69. The molecule has 3 fully saturated rings. The monoisotopic (exact) mass is 444 g/mol. The second-order valence-corrected chi connectivity index (χ2v) is 12.4. The van der Waals surface area contributed by atoms with Crippen molar-refractivity contribution in [1.82, 2.24) is 0 Å². The van der Waals surface area contributed by atoms with Gasteiger partial charge in [0.2, 0.25) is 0 Å². The van der Waals surface area contributed by atoms with Crippen LogP contribution >= 0.6 is 0 Å². The number of carbonyl (C=O) groups excluding carboxylic acids is 3. The van der Waals surface area contributed by atoms with E-state index in [1.807, 2.05) is 6.08 Å². The van der Waals surface area contributed by atoms with Crippen molar-refractivity contribution < 1.29 is 24.2 Å². The van der Waals surface area contributed by atoms with E-state index in [2.05, 4.69) is 27.7 Å². The van der Waals surface area contributed by atoms with Gasteiger partial charge in [0.25, 0.3) is 0 Å². The van der Waals surface area contributed by atoms with Gasteiger partial charge in [0.15, 0.2) is 11.6 Å². The number of ketones is 2. The van der Waals surface area contributed by atoms with E-state index in [0.717, 1.165) is 25.7 Å². The zero-order chi connectivity index (χ0) is 23.7. The summed E-state index contributed by atoms with van der Waals surface area (Å²) in [5.41, 5.74) is -0.537. The van der Waals surface area contributed by atoms with Gasteiger partial charge in [0, 0.05) is 30.8 Å². The van der Waals surface area contributed by atoms with E-state index in [0.29, 0.717) is 18.8 Å². The van der Waals surface area contributed by atoms with Crippen LogP contribution in [0.3, 0.4) is 0 Å². The van der Waals surface area contributed by atoms with Crippen LogP contribution in [0.15, 0.2) is 11.6 Å². The minimum absolute atomic E-state index is 0.0249. The molecule has 32 heavy (non-hydrogen) atoms. The number of hydrogen-bond donors (Lipinski definition) is 1. The Hall–Kier alpha value is -1.49. The van der Waals surface area contributed by atoms with Crippen LogP contribution in [0.25, 0.3) is 0 Å². The second-order valence-electron chi connectivity index (χ2n) is 12.4. The first-order chi connectivity index (χ1) is 14.8. The molecule has 3 saturated carbocycles. The highest BCUT2D eigenvalue weighted by molar-refractivity contribution is 6.20. The first-order valence-corrected chi connectivity index (χ1v) is 12.4. The third-order valence-corrected chi connectivity index (χ3v) is 10.4. The number of aliphatic hydroxyl groups is 1. The van der Waals surface area contributed by atoms with Gasteiger partial charge in [-0.15, -0.1) is 0 Å². The van der Waals surface area contributed by atoms with Crippen LogP contribution < -0.4 is 0 Å². The highest BCUT2D eigenvalue weighted by atomic mass is 16.5. The molecule has 5 nitrogen and oxygen atoms in total. The Morgan fingerprint density at radius 2 is 1.75 bits per heavy atom. The average Bonchev–Trinajstić information content (AvgIpc) is 2.69. The van der Waals surface area contributed by atoms with Crippen molar-refractivity contribution in [3.8, 4) is 0 Å². The van der Waals surface area contributed by atoms with Crippen LogP contribution in [0.1, 0.15) is 86.5 Å². The van der Waals surface area contributed by atoms with Gasteiger partial charge in [-0.3, -0.25) is 14.4 Å². The molecule has 0 aromatic heterocycles. The molecule has 0 amide bonds. The smallest absolute Gasteiger partial charge is 0.302 e. The summed E-state index contributed by atoms with van der Waals surface area (Å²) in [7, 11) is 0. The molecule has 7 unspecified atom stereocenters. The highest BCUT2D eigenvalue weighted by Gasteiger charge is 2.68. The Labute approximate surface area is 192 Å². The number of hydrogen-bond acceptors (Lipinski definition) is 5. The molecule has 7 atom stereocenters. The maximum absolute atomic E-state index is 13.1. The van der Waals surface area contributed by atoms with Crippen LogP contribution in [0, 0.1) is 39.4 Å². The van der Waals surface area contributed by atoms with Crippen LogP contribution in [-0.4, -0.2) is 35.4 Å². The molecule has 4 aliphatic carbocycles. The molecule has 0 heterocycles. The normalized spacial score (nSPS) is 45.1. The standard InChI is InChI=1S/C27H40O5/c1-16(29)18-14-26(6)21(12-19(18)31)25(5)11-8-20-24(3,4)9-7-10-27(20,15-28)22(25)13-23(26)32-17(2)30/h14,20-23,28H,7-13,15H2,1-6H3. The lowest BCUT2D eigenvalue weighted by molar-refractivity contribution is -0.235. The topological polar surface area (TPSA) is 80.7 Å². The van der Waals surface area contributed by atoms with Gasteiger partial charge in [-0.1, -0.05) is 40.2 Å². The molecule has 178 valence electrons. The van der Waals surface area contributed by atoms with E-state index < -0.39 is 11.5 Å². The third-order valence-electron chi connectivity index (χ3n) is 10.4. The average molecular weight is 445 g/mol. The Morgan fingerprint density at radius 3 is 2.34 bits per heavy atom. The molecule has 0 saturated heterocycles. The number of ether oxygens (including phenoxy) is 1. The van der Waals surface area contributed by atoms with Crippen molar-refractivity contribution in [2.24, 2.45) is 39.4 Å². The van der Waals surface area contributed by atoms with Gasteiger partial charge in [-0.2, -0.15) is 0 Å². The van der Waals surface area contributed by atoms with E-state index in [9.17, 15) is 19.5 Å². The summed E-state index contributed by atoms with van der Waals surface area (Å²) in [5, 5.41) is 10.9. The molecule has 4 aliphatic rings. The number of fused-ring (bicyclic) bond motifs is 5. The molecule has 0 aliphatic heterocycles. The fourth-order valence-corrected chi connectivity index (χ4v) is 9.01. The Balaban J connectivity index is 1.87. The molecular formula is C27H40O5. The Kier molecular flexibility index (Phi) is 5.55. The SMILES string of the molecule is CC(=O)OC1CC2C(C)(CCC3C(C)(C)CCCC32CO)C2CC(=O)C(C(C)=O)=CC12C. The van der Waals surface area contributed by atoms with Gasteiger partial charge < -0.3 is 9.84 Å². The minimum atomic E-state index is -0.570. The van der Waals surface area contributed by atoms with Gasteiger partial charge in [-0.25, -0.2) is 0 Å². The maximum Gasteiger partial charge on any atom is 0.302 e. The predicted molar refractivity (Wildman–Crippen MR) is 122 cm³/mol. The third kappa shape index (κ3) is 3.17. The van der Waals surface area contributed by atoms with Gasteiger partial charge in [0.1, 0.15) is 6.10 Å². The van der Waals surface area contributed by atoms with E-state index in [1.54, 1.807) is 0 Å². The van der Waals surface area contributed by atoms with Gasteiger partial charge in [-0.05, 0) is 67.6 Å². The predicted octanol–water partition coefficient (Wildman–Crippen LogP) is 4.65. The van der Waals surface area contributed by atoms with Crippen molar-refractivity contribution in [3.63, 3.8) is 0 Å².